The molecular formula is C25H29N3O3. The zero-order valence-electron chi connectivity index (χ0n) is 18.3. The predicted molar refractivity (Wildman–Crippen MR) is 121 cm³/mol. The Labute approximate surface area is 182 Å². The molecule has 0 aliphatic carbocycles. The lowest BCUT2D eigenvalue weighted by molar-refractivity contribution is -0.125. The number of carbonyl (C=O) groups excluding carboxylic acids is 1. The molecule has 2 heterocycles. The van der Waals surface area contributed by atoms with Crippen LogP contribution in [0.2, 0.25) is 0 Å². The van der Waals surface area contributed by atoms with E-state index in [1.54, 1.807) is 6.20 Å². The van der Waals surface area contributed by atoms with E-state index in [2.05, 4.69) is 9.88 Å². The number of ketones is 1. The molecule has 6 nitrogen and oxygen atoms in total. The summed E-state index contributed by atoms with van der Waals surface area (Å²) < 4.78 is 5.41. The topological polar surface area (TPSA) is 75.5 Å². The second-order valence-electron chi connectivity index (χ2n) is 9.07. The number of fused-ring (bicyclic) bond motifs is 1. The fraction of sp³-hybridized carbons (Fsp3) is 0.400. The van der Waals surface area contributed by atoms with E-state index in [0.717, 1.165) is 46.6 Å². The number of hydrogen-bond acceptors (Lipinski definition) is 6. The third-order valence-electron chi connectivity index (χ3n) is 5.70. The predicted octanol–water partition coefficient (Wildman–Crippen LogP) is 3.71. The van der Waals surface area contributed by atoms with Crippen molar-refractivity contribution in [1.82, 2.24) is 9.97 Å². The largest absolute Gasteiger partial charge is 0.384 e. The number of nitrogens with zero attached hydrogens (tertiary/aromatic N) is 3. The monoisotopic (exact) mass is 419 g/mol. The molecule has 31 heavy (non-hydrogen) atoms. The highest BCUT2D eigenvalue weighted by atomic mass is 16.5. The molecule has 0 bridgehead atoms. The average Bonchev–Trinajstić information content (AvgIpc) is 2.78. The second-order valence-corrected chi connectivity index (χ2v) is 9.07. The molecule has 0 radical (unpaired) electrons. The number of benzene rings is 2. The third-order valence-corrected chi connectivity index (χ3v) is 5.70. The van der Waals surface area contributed by atoms with Crippen LogP contribution in [0, 0.1) is 5.41 Å². The minimum Gasteiger partial charge on any atom is -0.384 e. The highest BCUT2D eigenvalue weighted by Crippen LogP contribution is 2.26. The molecule has 0 saturated carbocycles. The lowest BCUT2D eigenvalue weighted by Gasteiger charge is -2.27. The smallest absolute Gasteiger partial charge is 0.148 e. The summed E-state index contributed by atoms with van der Waals surface area (Å²) >= 11 is 0. The first kappa shape index (κ1) is 21.4. The summed E-state index contributed by atoms with van der Waals surface area (Å²) in [6.45, 7) is 8.77. The maximum Gasteiger partial charge on any atom is 0.148 e. The van der Waals surface area contributed by atoms with Crippen molar-refractivity contribution < 1.29 is 14.6 Å². The Hall–Kier alpha value is -2.83. The molecule has 1 saturated heterocycles. The van der Waals surface area contributed by atoms with Crippen molar-refractivity contribution >= 4 is 22.6 Å². The van der Waals surface area contributed by atoms with Gasteiger partial charge in [-0.05, 0) is 28.8 Å². The molecule has 1 aliphatic heterocycles. The number of rotatable bonds is 5. The van der Waals surface area contributed by atoms with E-state index >= 15 is 0 Å². The number of hydrogen-bond donors (Lipinski definition) is 1. The standard InChI is InChI=1S/C25H29N3O3/c1-25(2,3)22(29)14-17-4-6-18(7-5-17)24(30)19-8-9-20-21(15-19)27-23(16-26-20)28-10-12-31-13-11-28/h4-9,15-16,24,30H,10-14H2,1-3H3. The number of aromatic nitrogens is 2. The molecule has 0 amide bonds. The first-order chi connectivity index (χ1) is 14.8. The molecule has 1 aromatic heterocycles. The van der Waals surface area contributed by atoms with Gasteiger partial charge in [0.15, 0.2) is 0 Å². The molecule has 4 rings (SSSR count). The summed E-state index contributed by atoms with van der Waals surface area (Å²) in [5.74, 6) is 1.03. The fourth-order valence-electron chi connectivity index (χ4n) is 3.59. The van der Waals surface area contributed by atoms with Crippen LogP contribution in [-0.4, -0.2) is 47.2 Å². The molecule has 6 heteroatoms. The van der Waals surface area contributed by atoms with Crippen LogP contribution >= 0.6 is 0 Å². The number of carbonyl (C=O) groups is 1. The Morgan fingerprint density at radius 1 is 1.06 bits per heavy atom. The van der Waals surface area contributed by atoms with Crippen LogP contribution in [-0.2, 0) is 16.0 Å². The number of anilines is 1. The van der Waals surface area contributed by atoms with Gasteiger partial charge in [0.05, 0.1) is 30.4 Å². The number of aliphatic hydroxyl groups is 1. The van der Waals surface area contributed by atoms with Gasteiger partial charge in [0.2, 0.25) is 0 Å². The zero-order valence-corrected chi connectivity index (χ0v) is 18.3. The number of aliphatic hydroxyl groups excluding tert-OH is 1. The van der Waals surface area contributed by atoms with Gasteiger partial charge in [0, 0.05) is 24.9 Å². The van der Waals surface area contributed by atoms with Crippen molar-refractivity contribution in [2.75, 3.05) is 31.2 Å². The van der Waals surface area contributed by atoms with Gasteiger partial charge in [0.25, 0.3) is 0 Å². The van der Waals surface area contributed by atoms with Gasteiger partial charge in [-0.2, -0.15) is 0 Å². The Balaban J connectivity index is 1.54. The van der Waals surface area contributed by atoms with E-state index in [4.69, 9.17) is 9.72 Å². The van der Waals surface area contributed by atoms with Gasteiger partial charge in [-0.3, -0.25) is 9.78 Å². The van der Waals surface area contributed by atoms with Crippen LogP contribution in [0.1, 0.15) is 43.6 Å². The van der Waals surface area contributed by atoms with E-state index in [-0.39, 0.29) is 11.2 Å². The SMILES string of the molecule is CC(C)(C)C(=O)Cc1ccc(C(O)c2ccc3ncc(N4CCOCC4)nc3c2)cc1. The summed E-state index contributed by atoms with van der Waals surface area (Å²) in [4.78, 5) is 23.7. The lowest BCUT2D eigenvalue weighted by atomic mass is 9.87. The summed E-state index contributed by atoms with van der Waals surface area (Å²) in [6, 6.07) is 13.3. The highest BCUT2D eigenvalue weighted by molar-refractivity contribution is 5.85. The van der Waals surface area contributed by atoms with E-state index in [1.165, 1.54) is 0 Å². The first-order valence-electron chi connectivity index (χ1n) is 10.7. The van der Waals surface area contributed by atoms with Crippen molar-refractivity contribution in [2.24, 2.45) is 5.41 Å². The van der Waals surface area contributed by atoms with Crippen LogP contribution in [0.5, 0.6) is 0 Å². The normalized spacial score (nSPS) is 15.8. The van der Waals surface area contributed by atoms with Gasteiger partial charge in [0.1, 0.15) is 17.7 Å². The van der Waals surface area contributed by atoms with E-state index in [1.807, 2.05) is 63.2 Å². The summed E-state index contributed by atoms with van der Waals surface area (Å²) in [6.07, 6.45) is 1.42. The number of Topliss-reactive ketones (excluding diaryl/α,β-unsaturated/α-hetero) is 1. The Bertz CT molecular complexity index is 1070. The van der Waals surface area contributed by atoms with E-state index in [0.29, 0.717) is 19.6 Å². The van der Waals surface area contributed by atoms with Gasteiger partial charge in [-0.15, -0.1) is 0 Å². The minimum atomic E-state index is -0.773. The van der Waals surface area contributed by atoms with Crippen molar-refractivity contribution in [3.8, 4) is 0 Å². The van der Waals surface area contributed by atoms with Crippen LogP contribution in [0.4, 0.5) is 5.82 Å². The zero-order chi connectivity index (χ0) is 22.0. The second kappa shape index (κ2) is 8.73. The molecule has 1 fully saturated rings. The molecule has 1 N–H and O–H groups in total. The molecule has 1 unspecified atom stereocenters. The van der Waals surface area contributed by atoms with Crippen molar-refractivity contribution in [2.45, 2.75) is 33.3 Å². The minimum absolute atomic E-state index is 0.199. The van der Waals surface area contributed by atoms with Crippen LogP contribution in [0.3, 0.4) is 0 Å². The van der Waals surface area contributed by atoms with Crippen LogP contribution in [0.15, 0.2) is 48.7 Å². The Morgan fingerprint density at radius 2 is 1.74 bits per heavy atom. The summed E-state index contributed by atoms with van der Waals surface area (Å²) in [5, 5.41) is 10.9. The summed E-state index contributed by atoms with van der Waals surface area (Å²) in [7, 11) is 0. The molecule has 1 aliphatic rings. The quantitative estimate of drug-likeness (QED) is 0.680. The van der Waals surface area contributed by atoms with Crippen LogP contribution in [0.25, 0.3) is 11.0 Å². The maximum atomic E-state index is 12.3. The van der Waals surface area contributed by atoms with Gasteiger partial charge in [-0.1, -0.05) is 51.1 Å². The molecule has 162 valence electrons. The molecular weight excluding hydrogens is 390 g/mol. The van der Waals surface area contributed by atoms with Crippen molar-refractivity contribution in [3.63, 3.8) is 0 Å². The maximum absolute atomic E-state index is 12.3. The highest BCUT2D eigenvalue weighted by Gasteiger charge is 2.21. The van der Waals surface area contributed by atoms with Crippen molar-refractivity contribution in [3.05, 3.63) is 65.4 Å². The van der Waals surface area contributed by atoms with Crippen molar-refractivity contribution in [1.29, 1.82) is 0 Å². The fourth-order valence-corrected chi connectivity index (χ4v) is 3.59. The Kier molecular flexibility index (Phi) is 6.03. The first-order valence-corrected chi connectivity index (χ1v) is 10.7. The van der Waals surface area contributed by atoms with E-state index in [9.17, 15) is 9.90 Å². The van der Waals surface area contributed by atoms with Gasteiger partial charge >= 0.3 is 0 Å². The molecule has 1 atom stereocenters. The average molecular weight is 420 g/mol. The number of ether oxygens (including phenoxy) is 1. The van der Waals surface area contributed by atoms with Gasteiger partial charge in [-0.25, -0.2) is 4.98 Å². The van der Waals surface area contributed by atoms with Crippen LogP contribution < -0.4 is 4.90 Å². The van der Waals surface area contributed by atoms with Gasteiger partial charge < -0.3 is 14.7 Å². The van der Waals surface area contributed by atoms with E-state index < -0.39 is 6.10 Å². The Morgan fingerprint density at radius 3 is 2.42 bits per heavy atom. The number of morpholine rings is 1. The lowest BCUT2D eigenvalue weighted by Crippen LogP contribution is -2.36. The molecule has 0 spiro atoms. The molecule has 3 aromatic rings. The third kappa shape index (κ3) is 4.92. The molecule has 2 aromatic carbocycles. The summed E-state index contributed by atoms with van der Waals surface area (Å²) in [5.41, 5.74) is 3.69.